The normalized spacial score (nSPS) is 41.6. The summed E-state index contributed by atoms with van der Waals surface area (Å²) in [5.74, 6) is 0. The highest BCUT2D eigenvalue weighted by molar-refractivity contribution is 6.11. The Bertz CT molecular complexity index is 113. The maximum absolute atomic E-state index is 9.07. The summed E-state index contributed by atoms with van der Waals surface area (Å²) in [5, 5.41) is 20.5. The molecule has 0 amide bonds. The second kappa shape index (κ2) is 3.34. The molecule has 10 heavy (non-hydrogen) atoms. The van der Waals surface area contributed by atoms with E-state index < -0.39 is 6.23 Å². The van der Waals surface area contributed by atoms with Crippen molar-refractivity contribution in [3.63, 3.8) is 0 Å². The first-order valence-corrected chi connectivity index (χ1v) is 3.42. The molecule has 1 heterocycles. The average Bonchev–Trinajstić information content (AvgIpc) is 1.95. The van der Waals surface area contributed by atoms with Gasteiger partial charge in [0.05, 0.1) is 18.7 Å². The third-order valence-electron chi connectivity index (χ3n) is 1.61. The fourth-order valence-electron chi connectivity index (χ4n) is 0.952. The molecule has 1 aliphatic heterocycles. The summed E-state index contributed by atoms with van der Waals surface area (Å²) in [6.07, 6.45) is -0.763. The van der Waals surface area contributed by atoms with Gasteiger partial charge in [-0.3, -0.25) is 5.32 Å². The second-order valence-electron chi connectivity index (χ2n) is 2.50. The molecule has 0 bridgehead atoms. The molecule has 5 heteroatoms. The molecule has 4 nitrogen and oxygen atoms in total. The Kier molecular flexibility index (Phi) is 2.68. The van der Waals surface area contributed by atoms with Crippen LogP contribution < -0.4 is 5.32 Å². The van der Waals surface area contributed by atoms with E-state index in [-0.39, 0.29) is 18.7 Å². The van der Waals surface area contributed by atoms with Gasteiger partial charge in [-0.1, -0.05) is 0 Å². The van der Waals surface area contributed by atoms with Crippen LogP contribution in [-0.4, -0.2) is 49.5 Å². The van der Waals surface area contributed by atoms with Crippen LogP contribution in [0.1, 0.15) is 0 Å². The van der Waals surface area contributed by atoms with Crippen LogP contribution in [0.2, 0.25) is 0 Å². The van der Waals surface area contributed by atoms with Crippen LogP contribution in [0.4, 0.5) is 0 Å². The first-order chi connectivity index (χ1) is 4.74. The number of hydrogen-bond acceptors (Lipinski definition) is 4. The summed E-state index contributed by atoms with van der Waals surface area (Å²) in [6.45, 7) is 0.520. The van der Waals surface area contributed by atoms with E-state index in [2.05, 4.69) is 5.32 Å². The molecule has 1 rings (SSSR count). The van der Waals surface area contributed by atoms with E-state index in [4.69, 9.17) is 14.9 Å². The molecule has 2 unspecified atom stereocenters. The number of hydrogen-bond donors (Lipinski definition) is 3. The van der Waals surface area contributed by atoms with Gasteiger partial charge in [0.15, 0.2) is 0 Å². The van der Waals surface area contributed by atoms with Gasteiger partial charge in [-0.25, -0.2) is 0 Å². The summed E-state index contributed by atoms with van der Waals surface area (Å²) < 4.78 is 5.19. The highest BCUT2D eigenvalue weighted by atomic mass is 16.5. The van der Waals surface area contributed by atoms with Crippen LogP contribution in [0.5, 0.6) is 0 Å². The Labute approximate surface area is 60.6 Å². The van der Waals surface area contributed by atoms with Crippen molar-refractivity contribution in [2.24, 2.45) is 0 Å². The number of morpholine rings is 1. The van der Waals surface area contributed by atoms with Crippen molar-refractivity contribution in [2.75, 3.05) is 13.2 Å². The van der Waals surface area contributed by atoms with Gasteiger partial charge in [0.25, 0.3) is 0 Å². The average molecular weight is 145 g/mol. The molecule has 1 aliphatic rings. The van der Waals surface area contributed by atoms with Crippen LogP contribution in [-0.2, 0) is 4.74 Å². The Hall–Kier alpha value is -0.0951. The summed E-state index contributed by atoms with van der Waals surface area (Å²) in [7, 11) is 1.76. The fourth-order valence-corrected chi connectivity index (χ4v) is 0.952. The molecule has 0 radical (unpaired) electrons. The molecule has 3 N–H and O–H groups in total. The van der Waals surface area contributed by atoms with Gasteiger partial charge in [0, 0.05) is 6.54 Å². The van der Waals surface area contributed by atoms with Crippen molar-refractivity contribution >= 4 is 7.85 Å². The van der Waals surface area contributed by atoms with Crippen molar-refractivity contribution < 1.29 is 14.9 Å². The van der Waals surface area contributed by atoms with Crippen molar-refractivity contribution in [2.45, 2.75) is 18.3 Å². The van der Waals surface area contributed by atoms with Gasteiger partial charge in [-0.05, 0) is 0 Å². The number of ether oxygens (including phenoxy) is 1. The lowest BCUT2D eigenvalue weighted by Crippen LogP contribution is -2.53. The molecule has 0 aromatic rings. The first-order valence-electron chi connectivity index (χ1n) is 3.42. The van der Waals surface area contributed by atoms with Crippen molar-refractivity contribution in [1.82, 2.24) is 5.32 Å². The Morgan fingerprint density at radius 2 is 2.40 bits per heavy atom. The van der Waals surface area contributed by atoms with Crippen molar-refractivity contribution in [1.29, 1.82) is 0 Å². The summed E-state index contributed by atoms with van der Waals surface area (Å²) in [5.41, 5.74) is 0. The zero-order valence-electron chi connectivity index (χ0n) is 5.95. The Balaban J connectivity index is 2.33. The van der Waals surface area contributed by atoms with Gasteiger partial charge in [0.1, 0.15) is 14.1 Å². The van der Waals surface area contributed by atoms with Gasteiger partial charge < -0.3 is 14.9 Å². The molecule has 58 valence electrons. The summed E-state index contributed by atoms with van der Waals surface area (Å²) in [4.78, 5) is 0. The molecule has 1 saturated heterocycles. The SMILES string of the molecule is BC1O[C@H](CO)CNC1O. The topological polar surface area (TPSA) is 61.7 Å². The van der Waals surface area contributed by atoms with Gasteiger partial charge >= 0.3 is 0 Å². The van der Waals surface area contributed by atoms with Crippen LogP contribution in [0, 0.1) is 0 Å². The van der Waals surface area contributed by atoms with Crippen LogP contribution in [0.25, 0.3) is 0 Å². The predicted molar refractivity (Wildman–Crippen MR) is 38.3 cm³/mol. The minimum atomic E-state index is -0.595. The van der Waals surface area contributed by atoms with Crippen molar-refractivity contribution in [3.05, 3.63) is 0 Å². The molecular formula is C5H12BNO3. The fraction of sp³-hybridized carbons (Fsp3) is 1.00. The van der Waals surface area contributed by atoms with Crippen LogP contribution in [0.15, 0.2) is 0 Å². The highest BCUT2D eigenvalue weighted by Gasteiger charge is 2.24. The second-order valence-corrected chi connectivity index (χ2v) is 2.50. The number of aliphatic hydroxyl groups is 2. The predicted octanol–water partition coefficient (Wildman–Crippen LogP) is -2.76. The van der Waals surface area contributed by atoms with Gasteiger partial charge in [0.2, 0.25) is 0 Å². The number of nitrogens with one attached hydrogen (secondary N) is 1. The first kappa shape index (κ1) is 8.01. The van der Waals surface area contributed by atoms with E-state index in [9.17, 15) is 0 Å². The van der Waals surface area contributed by atoms with E-state index in [0.29, 0.717) is 6.54 Å². The molecule has 3 atom stereocenters. The van der Waals surface area contributed by atoms with Crippen molar-refractivity contribution in [3.8, 4) is 0 Å². The smallest absolute Gasteiger partial charge is 0.144 e. The zero-order chi connectivity index (χ0) is 7.56. The van der Waals surface area contributed by atoms with Crippen LogP contribution >= 0.6 is 0 Å². The molecule has 0 aromatic carbocycles. The van der Waals surface area contributed by atoms with Crippen LogP contribution in [0.3, 0.4) is 0 Å². The maximum Gasteiger partial charge on any atom is 0.144 e. The lowest BCUT2D eigenvalue weighted by Gasteiger charge is -2.31. The summed E-state index contributed by atoms with van der Waals surface area (Å²) in [6, 6.07) is -0.231. The van der Waals surface area contributed by atoms with E-state index in [0.717, 1.165) is 0 Å². The largest absolute Gasteiger partial charge is 0.394 e. The molecular weight excluding hydrogens is 133 g/mol. The molecule has 0 aliphatic carbocycles. The van der Waals surface area contributed by atoms with Gasteiger partial charge in [-0.15, -0.1) is 0 Å². The lowest BCUT2D eigenvalue weighted by molar-refractivity contribution is -0.0993. The minimum Gasteiger partial charge on any atom is -0.394 e. The Morgan fingerprint density at radius 3 is 2.90 bits per heavy atom. The monoisotopic (exact) mass is 145 g/mol. The lowest BCUT2D eigenvalue weighted by atomic mass is 9.96. The zero-order valence-corrected chi connectivity index (χ0v) is 5.95. The molecule has 0 spiro atoms. The van der Waals surface area contributed by atoms with E-state index in [1.807, 2.05) is 0 Å². The number of aliphatic hydroxyl groups excluding tert-OH is 2. The summed E-state index contributed by atoms with van der Waals surface area (Å²) >= 11 is 0. The third kappa shape index (κ3) is 1.70. The number of rotatable bonds is 1. The molecule has 0 aromatic heterocycles. The van der Waals surface area contributed by atoms with E-state index >= 15 is 0 Å². The Morgan fingerprint density at radius 1 is 1.70 bits per heavy atom. The molecule has 1 fully saturated rings. The maximum atomic E-state index is 9.07. The highest BCUT2D eigenvalue weighted by Crippen LogP contribution is 2.03. The molecule has 0 saturated carbocycles. The van der Waals surface area contributed by atoms with Gasteiger partial charge in [-0.2, -0.15) is 0 Å². The van der Waals surface area contributed by atoms with E-state index in [1.165, 1.54) is 0 Å². The van der Waals surface area contributed by atoms with E-state index in [1.54, 1.807) is 7.85 Å². The quantitative estimate of drug-likeness (QED) is 0.350. The third-order valence-corrected chi connectivity index (χ3v) is 1.61. The minimum absolute atomic E-state index is 0.00403. The standard InChI is InChI=1S/C5H12BNO3/c6-4-5(9)7-1-3(2-8)10-4/h3-5,7-9H,1-2,6H2/t3-,4?,5?/m0/s1.